The molecule has 28 heavy (non-hydrogen) atoms. The number of fused-ring (bicyclic) bond motifs is 1. The van der Waals surface area contributed by atoms with Crippen LogP contribution in [0.2, 0.25) is 0 Å². The van der Waals surface area contributed by atoms with E-state index in [4.69, 9.17) is 0 Å². The quantitative estimate of drug-likeness (QED) is 0.682. The van der Waals surface area contributed by atoms with Crippen molar-refractivity contribution >= 4 is 22.6 Å². The van der Waals surface area contributed by atoms with E-state index in [-0.39, 0.29) is 11.3 Å². The Balaban J connectivity index is 1.87. The second-order valence-corrected chi connectivity index (χ2v) is 6.63. The Kier molecular flexibility index (Phi) is 5.54. The van der Waals surface area contributed by atoms with Crippen molar-refractivity contribution in [2.24, 2.45) is 0 Å². The highest BCUT2D eigenvalue weighted by Crippen LogP contribution is 2.13. The van der Waals surface area contributed by atoms with Crippen LogP contribution >= 0.6 is 0 Å². The van der Waals surface area contributed by atoms with Crippen LogP contribution in [0, 0.1) is 13.8 Å². The molecule has 7 nitrogen and oxygen atoms in total. The molecule has 0 bridgehead atoms. The summed E-state index contributed by atoms with van der Waals surface area (Å²) in [5.41, 5.74) is 7.15. The monoisotopic (exact) mass is 378 g/mol. The van der Waals surface area contributed by atoms with E-state index in [1.165, 1.54) is 4.68 Å². The summed E-state index contributed by atoms with van der Waals surface area (Å²) in [6.45, 7) is 6.20. The van der Waals surface area contributed by atoms with Gasteiger partial charge < -0.3 is 0 Å². The second-order valence-electron chi connectivity index (χ2n) is 6.63. The van der Waals surface area contributed by atoms with Gasteiger partial charge in [-0.15, -0.1) is 0 Å². The summed E-state index contributed by atoms with van der Waals surface area (Å²) in [6.07, 6.45) is 0.704. The molecule has 144 valence electrons. The normalized spacial score (nSPS) is 10.7. The molecule has 0 fully saturated rings. The first-order chi connectivity index (χ1) is 13.4. The molecule has 0 saturated heterocycles. The van der Waals surface area contributed by atoms with Gasteiger partial charge in [0, 0.05) is 17.5 Å². The SMILES string of the molecule is CCCn1nc(C(=O)NNC(=O)c2ccc(C)c(C)c2)c2ccccc2c1=O. The van der Waals surface area contributed by atoms with Crippen molar-refractivity contribution in [3.63, 3.8) is 0 Å². The minimum atomic E-state index is -0.585. The lowest BCUT2D eigenvalue weighted by Crippen LogP contribution is -2.42. The van der Waals surface area contributed by atoms with E-state index in [1.54, 1.807) is 36.4 Å². The Morgan fingerprint density at radius 1 is 0.964 bits per heavy atom. The van der Waals surface area contributed by atoms with Crippen LogP contribution < -0.4 is 16.4 Å². The summed E-state index contributed by atoms with van der Waals surface area (Å²) in [5, 5.41) is 5.06. The van der Waals surface area contributed by atoms with Crippen molar-refractivity contribution in [2.75, 3.05) is 0 Å². The zero-order valence-electron chi connectivity index (χ0n) is 16.1. The Morgan fingerprint density at radius 2 is 1.64 bits per heavy atom. The lowest BCUT2D eigenvalue weighted by atomic mass is 10.1. The van der Waals surface area contributed by atoms with Crippen LogP contribution in [0.1, 0.15) is 45.3 Å². The standard InChI is InChI=1S/C21H22N4O3/c1-4-11-25-21(28)17-8-6-5-7-16(17)18(24-25)20(27)23-22-19(26)15-10-9-13(2)14(3)12-15/h5-10,12H,4,11H2,1-3H3,(H,22,26)(H,23,27). The molecule has 0 saturated carbocycles. The van der Waals surface area contributed by atoms with Crippen molar-refractivity contribution in [3.8, 4) is 0 Å². The summed E-state index contributed by atoms with van der Waals surface area (Å²) in [4.78, 5) is 37.5. The Morgan fingerprint density at radius 3 is 2.32 bits per heavy atom. The van der Waals surface area contributed by atoms with E-state index < -0.39 is 11.8 Å². The van der Waals surface area contributed by atoms with Crippen LogP contribution in [0.3, 0.4) is 0 Å². The number of amides is 2. The van der Waals surface area contributed by atoms with Crippen LogP contribution in [-0.4, -0.2) is 21.6 Å². The Hall–Kier alpha value is -3.48. The molecule has 0 radical (unpaired) electrons. The summed E-state index contributed by atoms with van der Waals surface area (Å²) in [7, 11) is 0. The molecule has 0 aliphatic heterocycles. The van der Waals surface area contributed by atoms with Crippen LogP contribution in [0.4, 0.5) is 0 Å². The average molecular weight is 378 g/mol. The van der Waals surface area contributed by atoms with Crippen molar-refractivity contribution in [1.82, 2.24) is 20.6 Å². The number of nitrogens with zero attached hydrogens (tertiary/aromatic N) is 2. The molecule has 0 atom stereocenters. The number of hydrogen-bond acceptors (Lipinski definition) is 4. The zero-order valence-corrected chi connectivity index (χ0v) is 16.1. The molecular weight excluding hydrogens is 356 g/mol. The van der Waals surface area contributed by atoms with Crippen LogP contribution in [0.5, 0.6) is 0 Å². The minimum absolute atomic E-state index is 0.0871. The third kappa shape index (κ3) is 3.78. The molecule has 0 spiro atoms. The summed E-state index contributed by atoms with van der Waals surface area (Å²) >= 11 is 0. The molecule has 0 aliphatic carbocycles. The highest BCUT2D eigenvalue weighted by molar-refractivity contribution is 6.06. The molecule has 1 heterocycles. The predicted octanol–water partition coefficient (Wildman–Crippen LogP) is 2.50. The molecule has 7 heteroatoms. The van der Waals surface area contributed by atoms with Gasteiger partial charge in [-0.2, -0.15) is 5.10 Å². The van der Waals surface area contributed by atoms with E-state index >= 15 is 0 Å². The second kappa shape index (κ2) is 8.04. The number of carbonyl (C=O) groups excluding carboxylic acids is 2. The number of benzene rings is 2. The minimum Gasteiger partial charge on any atom is -0.267 e. The van der Waals surface area contributed by atoms with Gasteiger partial charge >= 0.3 is 0 Å². The van der Waals surface area contributed by atoms with E-state index in [0.717, 1.165) is 11.1 Å². The highest BCUT2D eigenvalue weighted by Gasteiger charge is 2.17. The van der Waals surface area contributed by atoms with Gasteiger partial charge in [-0.3, -0.25) is 25.2 Å². The van der Waals surface area contributed by atoms with Gasteiger partial charge in [0.15, 0.2) is 5.69 Å². The van der Waals surface area contributed by atoms with Crippen molar-refractivity contribution in [2.45, 2.75) is 33.7 Å². The molecule has 2 N–H and O–H groups in total. The van der Waals surface area contributed by atoms with Gasteiger partial charge in [-0.1, -0.05) is 31.2 Å². The molecule has 0 unspecified atom stereocenters. The molecule has 3 rings (SSSR count). The molecule has 2 amide bonds. The predicted molar refractivity (Wildman–Crippen MR) is 107 cm³/mol. The number of hydrogen-bond donors (Lipinski definition) is 2. The fourth-order valence-corrected chi connectivity index (χ4v) is 2.89. The van der Waals surface area contributed by atoms with Crippen molar-refractivity contribution < 1.29 is 9.59 Å². The smallest absolute Gasteiger partial charge is 0.267 e. The number of aryl methyl sites for hydroxylation is 3. The van der Waals surface area contributed by atoms with Gasteiger partial charge in [0.25, 0.3) is 17.4 Å². The number of nitrogens with one attached hydrogen (secondary N) is 2. The number of rotatable bonds is 4. The van der Waals surface area contributed by atoms with E-state index in [1.807, 2.05) is 26.8 Å². The first-order valence-corrected chi connectivity index (χ1v) is 9.10. The molecule has 1 aromatic heterocycles. The van der Waals surface area contributed by atoms with Crippen LogP contribution in [-0.2, 0) is 6.54 Å². The topological polar surface area (TPSA) is 93.1 Å². The maximum Gasteiger partial charge on any atom is 0.290 e. The van der Waals surface area contributed by atoms with Gasteiger partial charge in [0.2, 0.25) is 0 Å². The average Bonchev–Trinajstić information content (AvgIpc) is 2.70. The van der Waals surface area contributed by atoms with Crippen LogP contribution in [0.15, 0.2) is 47.3 Å². The Labute approximate surface area is 162 Å². The summed E-state index contributed by atoms with van der Waals surface area (Å²) in [5.74, 6) is -1.01. The van der Waals surface area contributed by atoms with E-state index in [9.17, 15) is 14.4 Å². The van der Waals surface area contributed by atoms with Crippen molar-refractivity contribution in [3.05, 3.63) is 75.2 Å². The largest absolute Gasteiger partial charge is 0.290 e. The van der Waals surface area contributed by atoms with Gasteiger partial charge in [0.1, 0.15) is 0 Å². The Bertz CT molecular complexity index is 1120. The maximum absolute atomic E-state index is 12.7. The fraction of sp³-hybridized carbons (Fsp3) is 0.238. The third-order valence-electron chi connectivity index (χ3n) is 4.58. The fourth-order valence-electron chi connectivity index (χ4n) is 2.89. The van der Waals surface area contributed by atoms with Crippen LogP contribution in [0.25, 0.3) is 10.8 Å². The number of hydrazine groups is 1. The zero-order chi connectivity index (χ0) is 20.3. The summed E-state index contributed by atoms with van der Waals surface area (Å²) < 4.78 is 1.28. The molecular formula is C21H22N4O3. The highest BCUT2D eigenvalue weighted by atomic mass is 16.2. The molecule has 0 aliphatic rings. The van der Waals surface area contributed by atoms with Gasteiger partial charge in [-0.05, 0) is 49.6 Å². The van der Waals surface area contributed by atoms with E-state index in [2.05, 4.69) is 16.0 Å². The van der Waals surface area contributed by atoms with Gasteiger partial charge in [-0.25, -0.2) is 4.68 Å². The van der Waals surface area contributed by atoms with E-state index in [0.29, 0.717) is 29.3 Å². The molecule has 3 aromatic rings. The lowest BCUT2D eigenvalue weighted by molar-refractivity contribution is 0.0843. The van der Waals surface area contributed by atoms with Crippen molar-refractivity contribution in [1.29, 1.82) is 0 Å². The summed E-state index contributed by atoms with van der Waals surface area (Å²) in [6, 6.07) is 12.1. The number of carbonyl (C=O) groups is 2. The maximum atomic E-state index is 12.7. The first kappa shape index (κ1) is 19.3. The third-order valence-corrected chi connectivity index (χ3v) is 4.58. The van der Waals surface area contributed by atoms with Gasteiger partial charge in [0.05, 0.1) is 5.39 Å². The molecule has 2 aromatic carbocycles. The lowest BCUT2D eigenvalue weighted by Gasteiger charge is -2.12. The number of aromatic nitrogens is 2. The first-order valence-electron chi connectivity index (χ1n) is 9.10.